The molecule has 8 heteroatoms. The molecule has 1 unspecified atom stereocenters. The van der Waals surface area contributed by atoms with Gasteiger partial charge in [-0.1, -0.05) is 0 Å². The fourth-order valence-electron chi connectivity index (χ4n) is 1.18. The van der Waals surface area contributed by atoms with E-state index in [-0.39, 0.29) is 16.8 Å². The second-order valence-electron chi connectivity index (χ2n) is 3.93. The van der Waals surface area contributed by atoms with Crippen LogP contribution >= 0.6 is 10.7 Å². The van der Waals surface area contributed by atoms with Gasteiger partial charge in [-0.3, -0.25) is 9.48 Å². The second kappa shape index (κ2) is 5.05. The van der Waals surface area contributed by atoms with E-state index in [1.165, 1.54) is 10.9 Å². The van der Waals surface area contributed by atoms with Crippen LogP contribution in [0.15, 0.2) is 17.3 Å². The smallest absolute Gasteiger partial charge is 0.264 e. The summed E-state index contributed by atoms with van der Waals surface area (Å²) in [5.74, 6) is -0.235. The predicted molar refractivity (Wildman–Crippen MR) is 63.3 cm³/mol. The van der Waals surface area contributed by atoms with Crippen LogP contribution in [0.2, 0.25) is 0 Å². The van der Waals surface area contributed by atoms with E-state index in [4.69, 9.17) is 10.7 Å². The molecule has 1 aromatic rings. The topological polar surface area (TPSA) is 81.1 Å². The molecule has 1 atom stereocenters. The summed E-state index contributed by atoms with van der Waals surface area (Å²) in [4.78, 5) is 11.5. The summed E-state index contributed by atoms with van der Waals surface area (Å²) in [6, 6.07) is -0.582. The van der Waals surface area contributed by atoms with Crippen LogP contribution < -0.4 is 5.32 Å². The SMILES string of the molecule is CC(C)NC(=O)C(C)n1cc(S(=O)(=O)Cl)cn1. The number of carbonyl (C=O) groups excluding carboxylic acids is 1. The maximum Gasteiger partial charge on any atom is 0.264 e. The van der Waals surface area contributed by atoms with Crippen LogP contribution in [-0.2, 0) is 13.8 Å². The molecule has 0 aliphatic rings. The molecule has 6 nitrogen and oxygen atoms in total. The number of hydrogen-bond acceptors (Lipinski definition) is 4. The molecular weight excluding hydrogens is 266 g/mol. The number of amides is 1. The van der Waals surface area contributed by atoms with Crippen molar-refractivity contribution in [3.05, 3.63) is 12.4 Å². The van der Waals surface area contributed by atoms with Crippen molar-refractivity contribution in [3.8, 4) is 0 Å². The van der Waals surface area contributed by atoms with E-state index < -0.39 is 15.1 Å². The minimum atomic E-state index is -3.81. The summed E-state index contributed by atoms with van der Waals surface area (Å²) in [5, 5.41) is 6.51. The molecule has 1 aromatic heterocycles. The van der Waals surface area contributed by atoms with E-state index in [2.05, 4.69) is 10.4 Å². The van der Waals surface area contributed by atoms with Crippen molar-refractivity contribution in [3.63, 3.8) is 0 Å². The Bertz CT molecular complexity index is 509. The van der Waals surface area contributed by atoms with Gasteiger partial charge in [0.1, 0.15) is 10.9 Å². The monoisotopic (exact) mass is 279 g/mol. The third kappa shape index (κ3) is 3.71. The lowest BCUT2D eigenvalue weighted by molar-refractivity contribution is -0.124. The van der Waals surface area contributed by atoms with Gasteiger partial charge >= 0.3 is 0 Å². The van der Waals surface area contributed by atoms with Crippen LogP contribution in [0.4, 0.5) is 0 Å². The minimum absolute atomic E-state index is 0.0109. The fourth-order valence-corrected chi connectivity index (χ4v) is 1.83. The molecule has 1 N–H and O–H groups in total. The normalized spacial score (nSPS) is 13.7. The lowest BCUT2D eigenvalue weighted by Gasteiger charge is -2.14. The Hall–Kier alpha value is -1.08. The van der Waals surface area contributed by atoms with Crippen molar-refractivity contribution < 1.29 is 13.2 Å². The van der Waals surface area contributed by atoms with E-state index in [0.29, 0.717) is 0 Å². The molecular formula is C9H14ClN3O3S. The first kappa shape index (κ1) is 14.0. The largest absolute Gasteiger partial charge is 0.352 e. The Kier molecular flexibility index (Phi) is 4.16. The summed E-state index contributed by atoms with van der Waals surface area (Å²) in [6.07, 6.45) is 2.34. The molecule has 0 saturated carbocycles. The van der Waals surface area contributed by atoms with Crippen molar-refractivity contribution in [2.45, 2.75) is 37.8 Å². The quantitative estimate of drug-likeness (QED) is 0.830. The van der Waals surface area contributed by atoms with Crippen LogP contribution in [0.25, 0.3) is 0 Å². The van der Waals surface area contributed by atoms with Crippen LogP contribution in [0, 0.1) is 0 Å². The third-order valence-electron chi connectivity index (χ3n) is 2.07. The number of rotatable bonds is 4. The molecule has 0 bridgehead atoms. The first-order valence-corrected chi connectivity index (χ1v) is 7.32. The molecule has 1 heterocycles. The van der Waals surface area contributed by atoms with Crippen LogP contribution in [-0.4, -0.2) is 30.1 Å². The van der Waals surface area contributed by atoms with Gasteiger partial charge in [0, 0.05) is 22.9 Å². The highest BCUT2D eigenvalue weighted by molar-refractivity contribution is 8.13. The summed E-state index contributed by atoms with van der Waals surface area (Å²) in [7, 11) is 1.35. The van der Waals surface area contributed by atoms with Gasteiger partial charge < -0.3 is 5.32 Å². The van der Waals surface area contributed by atoms with Gasteiger partial charge in [0.25, 0.3) is 9.05 Å². The van der Waals surface area contributed by atoms with E-state index in [0.717, 1.165) is 6.20 Å². The molecule has 1 amide bonds. The van der Waals surface area contributed by atoms with E-state index >= 15 is 0 Å². The number of aromatic nitrogens is 2. The number of hydrogen-bond donors (Lipinski definition) is 1. The highest BCUT2D eigenvalue weighted by Gasteiger charge is 2.19. The average Bonchev–Trinajstić information content (AvgIpc) is 2.63. The second-order valence-corrected chi connectivity index (χ2v) is 6.50. The van der Waals surface area contributed by atoms with Gasteiger partial charge in [-0.25, -0.2) is 8.42 Å². The molecule has 0 aliphatic heterocycles. The minimum Gasteiger partial charge on any atom is -0.352 e. The zero-order chi connectivity index (χ0) is 13.2. The number of halogens is 1. The predicted octanol–water partition coefficient (Wildman–Crippen LogP) is 0.896. The Labute approximate surface area is 104 Å². The molecule has 17 heavy (non-hydrogen) atoms. The zero-order valence-electron chi connectivity index (χ0n) is 9.71. The number of carbonyl (C=O) groups is 1. The lowest BCUT2D eigenvalue weighted by Crippen LogP contribution is -2.35. The molecule has 0 radical (unpaired) electrons. The van der Waals surface area contributed by atoms with Crippen molar-refractivity contribution >= 4 is 25.6 Å². The van der Waals surface area contributed by atoms with Crippen molar-refractivity contribution in [2.24, 2.45) is 0 Å². The van der Waals surface area contributed by atoms with Crippen molar-refractivity contribution in [1.82, 2.24) is 15.1 Å². The van der Waals surface area contributed by atoms with Gasteiger partial charge in [0.05, 0.1) is 6.20 Å². The van der Waals surface area contributed by atoms with Crippen LogP contribution in [0.1, 0.15) is 26.8 Å². The zero-order valence-corrected chi connectivity index (χ0v) is 11.3. The summed E-state index contributed by atoms with van der Waals surface area (Å²) >= 11 is 0. The van der Waals surface area contributed by atoms with Gasteiger partial charge in [0.15, 0.2) is 0 Å². The first-order valence-electron chi connectivity index (χ1n) is 5.01. The Balaban J connectivity index is 2.87. The lowest BCUT2D eigenvalue weighted by atomic mass is 10.3. The van der Waals surface area contributed by atoms with E-state index in [1.807, 2.05) is 13.8 Å². The maximum absolute atomic E-state index is 11.7. The molecule has 0 saturated heterocycles. The maximum atomic E-state index is 11.7. The van der Waals surface area contributed by atoms with Crippen molar-refractivity contribution in [2.75, 3.05) is 0 Å². The van der Waals surface area contributed by atoms with E-state index in [9.17, 15) is 13.2 Å². The van der Waals surface area contributed by atoms with Gasteiger partial charge in [-0.15, -0.1) is 0 Å². The molecule has 0 spiro atoms. The number of nitrogens with one attached hydrogen (secondary N) is 1. The van der Waals surface area contributed by atoms with Crippen LogP contribution in [0.3, 0.4) is 0 Å². The van der Waals surface area contributed by atoms with Gasteiger partial charge in [-0.2, -0.15) is 5.10 Å². The Morgan fingerprint density at radius 3 is 2.47 bits per heavy atom. The molecule has 0 aliphatic carbocycles. The standard InChI is InChI=1S/C9H14ClN3O3S/c1-6(2)12-9(14)7(3)13-5-8(4-11-13)17(10,15)16/h4-7H,1-3H3,(H,12,14). The van der Waals surface area contributed by atoms with Crippen LogP contribution in [0.5, 0.6) is 0 Å². The summed E-state index contributed by atoms with van der Waals surface area (Å²) in [5.41, 5.74) is 0. The summed E-state index contributed by atoms with van der Waals surface area (Å²) in [6.45, 7) is 5.29. The van der Waals surface area contributed by atoms with Gasteiger partial charge in [0.2, 0.25) is 5.91 Å². The molecule has 96 valence electrons. The highest BCUT2D eigenvalue weighted by atomic mass is 35.7. The van der Waals surface area contributed by atoms with Crippen molar-refractivity contribution in [1.29, 1.82) is 0 Å². The third-order valence-corrected chi connectivity index (χ3v) is 3.37. The first-order chi connectivity index (χ1) is 7.71. The Morgan fingerprint density at radius 2 is 2.06 bits per heavy atom. The molecule has 1 rings (SSSR count). The fraction of sp³-hybridized carbons (Fsp3) is 0.556. The summed E-state index contributed by atoms with van der Waals surface area (Å²) < 4.78 is 23.3. The molecule has 0 aromatic carbocycles. The number of nitrogens with zero attached hydrogens (tertiary/aromatic N) is 2. The van der Waals surface area contributed by atoms with E-state index in [1.54, 1.807) is 6.92 Å². The average molecular weight is 280 g/mol. The molecule has 0 fully saturated rings. The highest BCUT2D eigenvalue weighted by Crippen LogP contribution is 2.15. The Morgan fingerprint density at radius 1 is 1.47 bits per heavy atom. The van der Waals surface area contributed by atoms with Gasteiger partial charge in [-0.05, 0) is 20.8 Å².